The highest BCUT2D eigenvalue weighted by Gasteiger charge is 2.19. The van der Waals surface area contributed by atoms with Crippen LogP contribution in [0.3, 0.4) is 0 Å². The minimum absolute atomic E-state index is 1.03. The molecular weight excluding hydrogens is 107 g/mol. The average molecular weight is 112 g/mol. The summed E-state index contributed by atoms with van der Waals surface area (Å²) < 4.78 is 32.9. The first kappa shape index (κ1) is 6.75. The molecule has 0 saturated carbocycles. The Morgan fingerprint density at radius 1 is 1.43 bits per heavy atom. The molecule has 1 nitrogen and oxygen atoms in total. The summed E-state index contributed by atoms with van der Waals surface area (Å²) in [5.41, 5.74) is 0. The number of hydrogen-bond donors (Lipinski definition) is 0. The van der Waals surface area contributed by atoms with Gasteiger partial charge < -0.3 is 5.32 Å². The summed E-state index contributed by atoms with van der Waals surface area (Å²) in [7, 11) is 1.13. The molecule has 0 aromatic rings. The summed E-state index contributed by atoms with van der Waals surface area (Å²) in [5.74, 6) is 0. The van der Waals surface area contributed by atoms with Crippen molar-refractivity contribution in [1.82, 2.24) is 0 Å². The lowest BCUT2D eigenvalue weighted by Crippen LogP contribution is -2.11. The van der Waals surface area contributed by atoms with Crippen molar-refractivity contribution >= 4 is 0 Å². The fraction of sp³-hybridized carbons (Fsp3) is 1.00. The minimum Gasteiger partial charge on any atom is -0.658 e. The van der Waals surface area contributed by atoms with Crippen LogP contribution >= 0.6 is 0 Å². The maximum absolute atomic E-state index is 11.0. The van der Waals surface area contributed by atoms with E-state index >= 15 is 0 Å². The Balaban J connectivity index is 3.15. The Labute approximate surface area is 39.5 Å². The molecule has 4 heteroatoms. The number of rotatable bonds is 1. The van der Waals surface area contributed by atoms with Crippen molar-refractivity contribution in [2.24, 2.45) is 0 Å². The van der Waals surface area contributed by atoms with Crippen molar-refractivity contribution in [1.29, 1.82) is 0 Å². The third kappa shape index (κ3) is 5.75. The molecule has 0 saturated heterocycles. The Hall–Kier alpha value is -0.250. The van der Waals surface area contributed by atoms with Crippen molar-refractivity contribution in [2.45, 2.75) is 6.18 Å². The average Bonchev–Trinajstić information content (AvgIpc) is 1.30. The Bertz CT molecular complexity index is 48.6. The first-order valence-electron chi connectivity index (χ1n) is 1.68. The summed E-state index contributed by atoms with van der Waals surface area (Å²) in [6.45, 7) is -1.03. The Kier molecular flexibility index (Phi) is 2.08. The molecule has 0 bridgehead atoms. The molecule has 0 aliphatic carbocycles. The van der Waals surface area contributed by atoms with Crippen LogP contribution in [0, 0.1) is 0 Å². The lowest BCUT2D eigenvalue weighted by atomic mass is 10.6. The van der Waals surface area contributed by atoms with Crippen LogP contribution in [0.1, 0.15) is 0 Å². The summed E-state index contributed by atoms with van der Waals surface area (Å²) in [4.78, 5) is 0. The van der Waals surface area contributed by atoms with Crippen molar-refractivity contribution in [3.05, 3.63) is 5.32 Å². The SMILES string of the molecule is C[N-]CC(F)(F)F. The molecule has 0 unspecified atom stereocenters. The van der Waals surface area contributed by atoms with E-state index in [9.17, 15) is 13.2 Å². The maximum Gasteiger partial charge on any atom is 0.371 e. The van der Waals surface area contributed by atoms with Crippen molar-refractivity contribution < 1.29 is 13.2 Å². The van der Waals surface area contributed by atoms with Crippen LogP contribution in [0.2, 0.25) is 0 Å². The van der Waals surface area contributed by atoms with Crippen molar-refractivity contribution in [2.75, 3.05) is 13.6 Å². The van der Waals surface area contributed by atoms with Crippen LogP contribution in [0.15, 0.2) is 0 Å². The third-order valence-corrected chi connectivity index (χ3v) is 0.337. The van der Waals surface area contributed by atoms with Gasteiger partial charge in [0.2, 0.25) is 0 Å². The zero-order valence-corrected chi connectivity index (χ0v) is 3.79. The van der Waals surface area contributed by atoms with Gasteiger partial charge in [0.1, 0.15) is 0 Å². The number of alkyl halides is 3. The van der Waals surface area contributed by atoms with Crippen LogP contribution in [0.25, 0.3) is 5.32 Å². The van der Waals surface area contributed by atoms with Gasteiger partial charge in [-0.3, -0.25) is 0 Å². The molecule has 0 spiro atoms. The minimum atomic E-state index is -4.12. The summed E-state index contributed by atoms with van der Waals surface area (Å²) in [6, 6.07) is 0. The quantitative estimate of drug-likeness (QED) is 0.488. The highest BCUT2D eigenvalue weighted by Crippen LogP contribution is 2.15. The summed E-state index contributed by atoms with van der Waals surface area (Å²) >= 11 is 0. The monoisotopic (exact) mass is 112 g/mol. The van der Waals surface area contributed by atoms with Gasteiger partial charge in [-0.25, -0.2) is 0 Å². The van der Waals surface area contributed by atoms with Crippen LogP contribution in [-0.2, 0) is 0 Å². The Morgan fingerprint density at radius 3 is 1.86 bits per heavy atom. The lowest BCUT2D eigenvalue weighted by Gasteiger charge is -2.13. The largest absolute Gasteiger partial charge is 0.658 e. The first-order chi connectivity index (χ1) is 3.06. The molecule has 0 radical (unpaired) electrons. The number of hydrogen-bond acceptors (Lipinski definition) is 0. The predicted octanol–water partition coefficient (Wildman–Crippen LogP) is 1.55. The van der Waals surface area contributed by atoms with Gasteiger partial charge in [0.15, 0.2) is 0 Å². The third-order valence-electron chi connectivity index (χ3n) is 0.337. The van der Waals surface area contributed by atoms with Gasteiger partial charge in [-0.05, 0) is 0 Å². The maximum atomic E-state index is 11.0. The van der Waals surface area contributed by atoms with Crippen LogP contribution in [0.4, 0.5) is 13.2 Å². The van der Waals surface area contributed by atoms with E-state index in [0.29, 0.717) is 0 Å². The van der Waals surface area contributed by atoms with Crippen LogP contribution in [0.5, 0.6) is 0 Å². The van der Waals surface area contributed by atoms with E-state index in [-0.39, 0.29) is 0 Å². The van der Waals surface area contributed by atoms with E-state index < -0.39 is 12.7 Å². The zero-order valence-electron chi connectivity index (χ0n) is 3.79. The molecule has 0 aliphatic rings. The molecule has 0 N–H and O–H groups in total. The second-order valence-electron chi connectivity index (χ2n) is 1.09. The molecule has 0 fully saturated rings. The molecule has 0 aromatic carbocycles. The lowest BCUT2D eigenvalue weighted by molar-refractivity contribution is -0.113. The van der Waals surface area contributed by atoms with Gasteiger partial charge in [0.05, 0.1) is 0 Å². The molecule has 0 atom stereocenters. The van der Waals surface area contributed by atoms with Crippen LogP contribution in [-0.4, -0.2) is 19.8 Å². The predicted molar refractivity (Wildman–Crippen MR) is 20.2 cm³/mol. The Morgan fingerprint density at radius 2 is 1.86 bits per heavy atom. The van der Waals surface area contributed by atoms with Crippen molar-refractivity contribution in [3.63, 3.8) is 0 Å². The van der Waals surface area contributed by atoms with E-state index in [1.807, 2.05) is 0 Å². The molecule has 44 valence electrons. The smallest absolute Gasteiger partial charge is 0.371 e. The topological polar surface area (TPSA) is 14.1 Å². The highest BCUT2D eigenvalue weighted by atomic mass is 19.4. The van der Waals surface area contributed by atoms with Gasteiger partial charge >= 0.3 is 6.18 Å². The standard InChI is InChI=1S/C3H5F3N/c1-7-2-3(4,5)6/h2H2,1H3/q-1. The van der Waals surface area contributed by atoms with E-state index in [1.165, 1.54) is 0 Å². The number of nitrogens with zero attached hydrogens (tertiary/aromatic N) is 1. The van der Waals surface area contributed by atoms with Crippen molar-refractivity contribution in [3.8, 4) is 0 Å². The van der Waals surface area contributed by atoms with Gasteiger partial charge in [-0.1, -0.05) is 6.54 Å². The molecule has 7 heavy (non-hydrogen) atoms. The molecular formula is C3H5F3N-. The first-order valence-corrected chi connectivity index (χ1v) is 1.68. The van der Waals surface area contributed by atoms with Gasteiger partial charge in [0, 0.05) is 0 Å². The fourth-order valence-electron chi connectivity index (χ4n) is 0.179. The zero-order chi connectivity index (χ0) is 5.91. The normalized spacial score (nSPS) is 12.0. The summed E-state index contributed by atoms with van der Waals surface area (Å²) in [6.07, 6.45) is -4.12. The van der Waals surface area contributed by atoms with Crippen LogP contribution < -0.4 is 0 Å². The molecule has 0 heterocycles. The summed E-state index contributed by atoms with van der Waals surface area (Å²) in [5, 5.41) is 2.88. The fourth-order valence-corrected chi connectivity index (χ4v) is 0.179. The van der Waals surface area contributed by atoms with E-state index in [1.54, 1.807) is 0 Å². The molecule has 0 aliphatic heterocycles. The molecule has 0 aromatic heterocycles. The second-order valence-corrected chi connectivity index (χ2v) is 1.09. The van der Waals surface area contributed by atoms with E-state index in [0.717, 1.165) is 7.05 Å². The van der Waals surface area contributed by atoms with Gasteiger partial charge in [0.25, 0.3) is 0 Å². The second kappa shape index (κ2) is 2.16. The highest BCUT2D eigenvalue weighted by molar-refractivity contribution is 4.74. The number of halogens is 3. The van der Waals surface area contributed by atoms with E-state index in [2.05, 4.69) is 5.32 Å². The van der Waals surface area contributed by atoms with Gasteiger partial charge in [-0.2, -0.15) is 20.2 Å². The molecule has 0 rings (SSSR count). The van der Waals surface area contributed by atoms with E-state index in [4.69, 9.17) is 0 Å². The van der Waals surface area contributed by atoms with Gasteiger partial charge in [-0.15, -0.1) is 0 Å². The molecule has 0 amide bonds.